The molecular weight excluding hydrogens is 380 g/mol. The second-order valence-electron chi connectivity index (χ2n) is 8.97. The van der Waals surface area contributed by atoms with Gasteiger partial charge in [0, 0.05) is 57.0 Å². The first kappa shape index (κ1) is 20.8. The van der Waals surface area contributed by atoms with E-state index < -0.39 is 0 Å². The fourth-order valence-electron chi connectivity index (χ4n) is 4.52. The van der Waals surface area contributed by atoms with Crippen molar-refractivity contribution >= 4 is 17.7 Å². The zero-order chi connectivity index (χ0) is 21.1. The summed E-state index contributed by atoms with van der Waals surface area (Å²) in [7, 11) is 0. The summed E-state index contributed by atoms with van der Waals surface area (Å²) in [6.45, 7) is 5.52. The number of piperidine rings is 1. The lowest BCUT2D eigenvalue weighted by molar-refractivity contribution is -0.136. The van der Waals surface area contributed by atoms with E-state index in [-0.39, 0.29) is 23.6 Å². The minimum Gasteiger partial charge on any atom is -0.352 e. The van der Waals surface area contributed by atoms with Gasteiger partial charge in [-0.25, -0.2) is 0 Å². The van der Waals surface area contributed by atoms with E-state index in [0.29, 0.717) is 43.5 Å². The van der Waals surface area contributed by atoms with Crippen molar-refractivity contribution in [3.05, 3.63) is 29.6 Å². The quantitative estimate of drug-likeness (QED) is 0.744. The number of carbonyl (C=O) groups excluding carboxylic acids is 3. The average molecular weight is 413 g/mol. The molecule has 0 spiro atoms. The molecule has 0 unspecified atom stereocenters. The van der Waals surface area contributed by atoms with Crippen LogP contribution in [0.2, 0.25) is 0 Å². The molecule has 7 heteroatoms. The van der Waals surface area contributed by atoms with Crippen LogP contribution in [0.3, 0.4) is 0 Å². The molecule has 3 heterocycles. The van der Waals surface area contributed by atoms with Gasteiger partial charge in [0.2, 0.25) is 11.8 Å². The molecule has 0 radical (unpaired) electrons. The van der Waals surface area contributed by atoms with Crippen LogP contribution in [0.5, 0.6) is 0 Å². The highest BCUT2D eigenvalue weighted by Crippen LogP contribution is 2.29. The number of hydrogen-bond donors (Lipinski definition) is 1. The molecule has 3 aliphatic rings. The van der Waals surface area contributed by atoms with Gasteiger partial charge >= 0.3 is 0 Å². The Morgan fingerprint density at radius 2 is 1.93 bits per heavy atom. The fraction of sp³-hybridized carbons (Fsp3) is 0.652. The average Bonchev–Trinajstić information content (AvgIpc) is 3.54. The number of carbonyl (C=O) groups is 3. The Labute approximate surface area is 178 Å². The molecule has 7 nitrogen and oxygen atoms in total. The van der Waals surface area contributed by atoms with Gasteiger partial charge in [0.05, 0.1) is 11.5 Å². The van der Waals surface area contributed by atoms with E-state index in [0.717, 1.165) is 38.0 Å². The number of nitrogens with zero attached hydrogens (tertiary/aromatic N) is 3. The molecule has 1 aliphatic carbocycles. The van der Waals surface area contributed by atoms with Crippen LogP contribution >= 0.6 is 0 Å². The van der Waals surface area contributed by atoms with Crippen LogP contribution in [0.1, 0.15) is 67.4 Å². The van der Waals surface area contributed by atoms with E-state index in [9.17, 15) is 14.4 Å². The Bertz CT molecular complexity index is 782. The summed E-state index contributed by atoms with van der Waals surface area (Å²) in [6.07, 6.45) is 7.11. The van der Waals surface area contributed by atoms with Gasteiger partial charge < -0.3 is 15.1 Å². The van der Waals surface area contributed by atoms with E-state index in [1.165, 1.54) is 12.8 Å². The minimum absolute atomic E-state index is 0.0513. The monoisotopic (exact) mass is 412 g/mol. The first-order valence-electron chi connectivity index (χ1n) is 11.4. The Morgan fingerprint density at radius 3 is 2.57 bits per heavy atom. The Morgan fingerprint density at radius 1 is 1.17 bits per heavy atom. The van der Waals surface area contributed by atoms with Gasteiger partial charge in [0.25, 0.3) is 5.91 Å². The van der Waals surface area contributed by atoms with Gasteiger partial charge in [-0.1, -0.05) is 6.92 Å². The standard InChI is InChI=1S/C23H32N4O3/c1-2-9-27-15-19(12-21(27)28)23(30)26-10-7-17(8-11-26)20-6-5-18(14-24-20)22(29)25-13-16-3-4-16/h5-6,14,16-17,19H,2-4,7-13,15H2,1H3,(H,25,29)/t19-/m0/s1. The smallest absolute Gasteiger partial charge is 0.252 e. The number of rotatable bonds is 7. The Kier molecular flexibility index (Phi) is 6.35. The van der Waals surface area contributed by atoms with Crippen molar-refractivity contribution < 1.29 is 14.4 Å². The van der Waals surface area contributed by atoms with Crippen LogP contribution in [0.25, 0.3) is 0 Å². The van der Waals surface area contributed by atoms with Gasteiger partial charge in [-0.3, -0.25) is 19.4 Å². The van der Waals surface area contributed by atoms with Gasteiger partial charge in [0.15, 0.2) is 0 Å². The molecule has 162 valence electrons. The molecule has 0 bridgehead atoms. The van der Waals surface area contributed by atoms with E-state index in [2.05, 4.69) is 10.3 Å². The van der Waals surface area contributed by atoms with Crippen LogP contribution in [-0.2, 0) is 9.59 Å². The molecule has 1 N–H and O–H groups in total. The van der Waals surface area contributed by atoms with E-state index in [1.54, 1.807) is 6.20 Å². The van der Waals surface area contributed by atoms with Crippen molar-refractivity contribution in [1.29, 1.82) is 0 Å². The molecule has 30 heavy (non-hydrogen) atoms. The summed E-state index contributed by atoms with van der Waals surface area (Å²) in [4.78, 5) is 45.4. The SMILES string of the molecule is CCCN1C[C@@H](C(=O)N2CCC(c3ccc(C(=O)NCC4CC4)cn3)CC2)CC1=O. The molecule has 3 amide bonds. The van der Waals surface area contributed by atoms with Gasteiger partial charge in [-0.2, -0.15) is 0 Å². The molecule has 3 fully saturated rings. The number of pyridine rings is 1. The molecule has 1 saturated carbocycles. The highest BCUT2D eigenvalue weighted by atomic mass is 16.2. The van der Waals surface area contributed by atoms with Crippen LogP contribution in [0, 0.1) is 11.8 Å². The largest absolute Gasteiger partial charge is 0.352 e. The molecule has 1 aromatic rings. The highest BCUT2D eigenvalue weighted by Gasteiger charge is 2.37. The lowest BCUT2D eigenvalue weighted by atomic mass is 9.92. The number of hydrogen-bond acceptors (Lipinski definition) is 4. The third-order valence-corrected chi connectivity index (χ3v) is 6.58. The van der Waals surface area contributed by atoms with E-state index in [1.807, 2.05) is 28.9 Å². The molecule has 2 aliphatic heterocycles. The maximum absolute atomic E-state index is 12.9. The predicted molar refractivity (Wildman–Crippen MR) is 113 cm³/mol. The molecule has 2 saturated heterocycles. The molecule has 0 aromatic carbocycles. The molecule has 4 rings (SSSR count). The summed E-state index contributed by atoms with van der Waals surface area (Å²) >= 11 is 0. The van der Waals surface area contributed by atoms with Crippen molar-refractivity contribution in [2.75, 3.05) is 32.7 Å². The number of amides is 3. The summed E-state index contributed by atoms with van der Waals surface area (Å²) in [5, 5.41) is 2.97. The maximum atomic E-state index is 12.9. The third-order valence-electron chi connectivity index (χ3n) is 6.58. The maximum Gasteiger partial charge on any atom is 0.252 e. The zero-order valence-electron chi connectivity index (χ0n) is 17.8. The topological polar surface area (TPSA) is 82.6 Å². The van der Waals surface area contributed by atoms with Crippen LogP contribution in [0.15, 0.2) is 18.3 Å². The van der Waals surface area contributed by atoms with Crippen LogP contribution < -0.4 is 5.32 Å². The summed E-state index contributed by atoms with van der Waals surface area (Å²) in [5.74, 6) is 0.953. The first-order valence-corrected chi connectivity index (χ1v) is 11.4. The lowest BCUT2D eigenvalue weighted by Crippen LogP contribution is -2.42. The van der Waals surface area contributed by atoms with Crippen molar-refractivity contribution in [2.24, 2.45) is 11.8 Å². The second-order valence-corrected chi connectivity index (χ2v) is 8.97. The number of likely N-dealkylation sites (tertiary alicyclic amines) is 2. The van der Waals surface area contributed by atoms with E-state index in [4.69, 9.17) is 0 Å². The molecule has 1 atom stereocenters. The third kappa shape index (κ3) is 4.82. The van der Waals surface area contributed by atoms with E-state index >= 15 is 0 Å². The number of aromatic nitrogens is 1. The molecule has 1 aromatic heterocycles. The summed E-state index contributed by atoms with van der Waals surface area (Å²) in [5.41, 5.74) is 1.60. The van der Waals surface area contributed by atoms with Gasteiger partial charge in [-0.15, -0.1) is 0 Å². The predicted octanol–water partition coefficient (Wildman–Crippen LogP) is 2.19. The highest BCUT2D eigenvalue weighted by molar-refractivity contribution is 5.93. The number of nitrogens with one attached hydrogen (secondary N) is 1. The van der Waals surface area contributed by atoms with Crippen molar-refractivity contribution in [2.45, 2.75) is 51.4 Å². The minimum atomic E-state index is -0.188. The normalized spacial score (nSPS) is 22.4. The lowest BCUT2D eigenvalue weighted by Gasteiger charge is -2.33. The van der Waals surface area contributed by atoms with Crippen molar-refractivity contribution in [1.82, 2.24) is 20.1 Å². The first-order chi connectivity index (χ1) is 14.5. The Hall–Kier alpha value is -2.44. The van der Waals surface area contributed by atoms with Crippen molar-refractivity contribution in [3.8, 4) is 0 Å². The fourth-order valence-corrected chi connectivity index (χ4v) is 4.52. The van der Waals surface area contributed by atoms with Gasteiger partial charge in [0.1, 0.15) is 0 Å². The summed E-state index contributed by atoms with van der Waals surface area (Å²) < 4.78 is 0. The van der Waals surface area contributed by atoms with Crippen molar-refractivity contribution in [3.63, 3.8) is 0 Å². The summed E-state index contributed by atoms with van der Waals surface area (Å²) in [6, 6.07) is 3.81. The second kappa shape index (κ2) is 9.14. The molecular formula is C23H32N4O3. The zero-order valence-corrected chi connectivity index (χ0v) is 17.8. The van der Waals surface area contributed by atoms with Gasteiger partial charge in [-0.05, 0) is 50.2 Å². The van der Waals surface area contributed by atoms with Crippen LogP contribution in [0.4, 0.5) is 0 Å². The van der Waals surface area contributed by atoms with Crippen LogP contribution in [-0.4, -0.2) is 65.2 Å². The Balaban J connectivity index is 1.26.